The molecule has 1 unspecified atom stereocenters. The molecule has 0 amide bonds. The molecule has 2 rings (SSSR count). The van der Waals surface area contributed by atoms with Crippen molar-refractivity contribution >= 4 is 0 Å². The highest BCUT2D eigenvalue weighted by molar-refractivity contribution is 4.80. The van der Waals surface area contributed by atoms with E-state index in [2.05, 4.69) is 24.1 Å². The summed E-state index contributed by atoms with van der Waals surface area (Å²) in [6.07, 6.45) is 7.20. The lowest BCUT2D eigenvalue weighted by molar-refractivity contribution is 0.218. The molecular weight excluding hydrogens is 196 g/mol. The molecule has 2 nitrogen and oxygen atoms in total. The van der Waals surface area contributed by atoms with Gasteiger partial charge in [-0.05, 0) is 44.2 Å². The van der Waals surface area contributed by atoms with Crippen molar-refractivity contribution in [2.24, 2.45) is 11.8 Å². The summed E-state index contributed by atoms with van der Waals surface area (Å²) in [7, 11) is 0. The van der Waals surface area contributed by atoms with Gasteiger partial charge in [-0.2, -0.15) is 0 Å². The molecule has 1 heterocycles. The van der Waals surface area contributed by atoms with E-state index in [4.69, 9.17) is 0 Å². The summed E-state index contributed by atoms with van der Waals surface area (Å²) in [6, 6.07) is 0.776. The van der Waals surface area contributed by atoms with Gasteiger partial charge in [-0.25, -0.2) is 0 Å². The standard InChI is InChI=1S/C14H28N2/c1-12(2)10-16(9-7-13-5-6-13)11-14-4-3-8-15-14/h12-15H,3-11H2,1-2H3. The number of nitrogens with one attached hydrogen (secondary N) is 1. The third-order valence-corrected chi connectivity index (χ3v) is 3.81. The topological polar surface area (TPSA) is 15.3 Å². The van der Waals surface area contributed by atoms with Crippen LogP contribution in [0.1, 0.15) is 46.0 Å². The van der Waals surface area contributed by atoms with Gasteiger partial charge in [0.2, 0.25) is 0 Å². The molecule has 0 aromatic carbocycles. The van der Waals surface area contributed by atoms with Gasteiger partial charge in [-0.1, -0.05) is 26.7 Å². The predicted octanol–water partition coefficient (Wildman–Crippen LogP) is 2.50. The Labute approximate surface area is 101 Å². The molecule has 1 saturated heterocycles. The average Bonchev–Trinajstić information content (AvgIpc) is 2.92. The van der Waals surface area contributed by atoms with Crippen LogP contribution in [0.5, 0.6) is 0 Å². The van der Waals surface area contributed by atoms with E-state index in [0.717, 1.165) is 17.9 Å². The van der Waals surface area contributed by atoms with Gasteiger partial charge in [-0.3, -0.25) is 0 Å². The van der Waals surface area contributed by atoms with Crippen LogP contribution in [0, 0.1) is 11.8 Å². The largest absolute Gasteiger partial charge is 0.313 e. The lowest BCUT2D eigenvalue weighted by atomic mass is 10.1. The van der Waals surface area contributed by atoms with E-state index < -0.39 is 0 Å². The van der Waals surface area contributed by atoms with Gasteiger partial charge in [0, 0.05) is 19.1 Å². The molecule has 1 aliphatic heterocycles. The molecule has 1 N–H and O–H groups in total. The minimum absolute atomic E-state index is 0.776. The second-order valence-electron chi connectivity index (χ2n) is 6.18. The number of hydrogen-bond acceptors (Lipinski definition) is 2. The first kappa shape index (κ1) is 12.4. The van der Waals surface area contributed by atoms with E-state index >= 15 is 0 Å². The zero-order valence-electron chi connectivity index (χ0n) is 11.0. The first-order chi connectivity index (χ1) is 7.74. The van der Waals surface area contributed by atoms with Crippen LogP contribution in [0.3, 0.4) is 0 Å². The molecule has 0 radical (unpaired) electrons. The average molecular weight is 224 g/mol. The lowest BCUT2D eigenvalue weighted by Crippen LogP contribution is -2.39. The Hall–Kier alpha value is -0.0800. The van der Waals surface area contributed by atoms with Crippen LogP contribution in [-0.2, 0) is 0 Å². The van der Waals surface area contributed by atoms with Gasteiger partial charge in [0.05, 0.1) is 0 Å². The molecule has 2 fully saturated rings. The highest BCUT2D eigenvalue weighted by atomic mass is 15.2. The van der Waals surface area contributed by atoms with Crippen molar-refractivity contribution in [3.05, 3.63) is 0 Å². The first-order valence-corrected chi connectivity index (χ1v) is 7.20. The molecule has 0 bridgehead atoms. The first-order valence-electron chi connectivity index (χ1n) is 7.20. The summed E-state index contributed by atoms with van der Waals surface area (Å²) in [5.41, 5.74) is 0. The molecule has 2 heteroatoms. The van der Waals surface area contributed by atoms with Crippen molar-refractivity contribution in [1.29, 1.82) is 0 Å². The fraction of sp³-hybridized carbons (Fsp3) is 1.00. The number of nitrogens with zero attached hydrogens (tertiary/aromatic N) is 1. The minimum atomic E-state index is 0.776. The van der Waals surface area contributed by atoms with Crippen LogP contribution in [0.25, 0.3) is 0 Å². The van der Waals surface area contributed by atoms with E-state index in [-0.39, 0.29) is 0 Å². The summed E-state index contributed by atoms with van der Waals surface area (Å²) in [6.45, 7) is 9.82. The van der Waals surface area contributed by atoms with Gasteiger partial charge < -0.3 is 10.2 Å². The van der Waals surface area contributed by atoms with E-state index in [9.17, 15) is 0 Å². The Balaban J connectivity index is 1.70. The summed E-state index contributed by atoms with van der Waals surface area (Å²) >= 11 is 0. The smallest absolute Gasteiger partial charge is 0.0195 e. The molecule has 0 aromatic rings. The van der Waals surface area contributed by atoms with Crippen molar-refractivity contribution in [3.8, 4) is 0 Å². The van der Waals surface area contributed by atoms with Gasteiger partial charge in [-0.15, -0.1) is 0 Å². The maximum Gasteiger partial charge on any atom is 0.0195 e. The molecule has 0 spiro atoms. The molecule has 1 atom stereocenters. The Morgan fingerprint density at radius 1 is 1.25 bits per heavy atom. The molecule has 16 heavy (non-hydrogen) atoms. The van der Waals surface area contributed by atoms with E-state index in [1.165, 1.54) is 58.3 Å². The summed E-state index contributed by atoms with van der Waals surface area (Å²) < 4.78 is 0. The summed E-state index contributed by atoms with van der Waals surface area (Å²) in [5, 5.41) is 3.62. The van der Waals surface area contributed by atoms with E-state index in [1.54, 1.807) is 0 Å². The van der Waals surface area contributed by atoms with E-state index in [0.29, 0.717) is 0 Å². The van der Waals surface area contributed by atoms with Crippen molar-refractivity contribution in [1.82, 2.24) is 10.2 Å². The highest BCUT2D eigenvalue weighted by Crippen LogP contribution is 2.32. The maximum absolute atomic E-state index is 3.62. The zero-order valence-corrected chi connectivity index (χ0v) is 11.0. The Bertz CT molecular complexity index is 193. The predicted molar refractivity (Wildman–Crippen MR) is 69.6 cm³/mol. The van der Waals surface area contributed by atoms with Crippen LogP contribution in [0.4, 0.5) is 0 Å². The van der Waals surface area contributed by atoms with Crippen LogP contribution in [0.2, 0.25) is 0 Å². The Morgan fingerprint density at radius 3 is 2.62 bits per heavy atom. The second kappa shape index (κ2) is 6.02. The molecular formula is C14H28N2. The van der Waals surface area contributed by atoms with E-state index in [1.807, 2.05) is 0 Å². The van der Waals surface area contributed by atoms with Crippen LogP contribution in [0.15, 0.2) is 0 Å². The quantitative estimate of drug-likeness (QED) is 0.715. The maximum atomic E-state index is 3.62. The molecule has 2 aliphatic rings. The van der Waals surface area contributed by atoms with Crippen molar-refractivity contribution in [2.75, 3.05) is 26.2 Å². The van der Waals surface area contributed by atoms with Gasteiger partial charge in [0.1, 0.15) is 0 Å². The fourth-order valence-corrected chi connectivity index (χ4v) is 2.77. The SMILES string of the molecule is CC(C)CN(CCC1CC1)CC1CCCN1. The van der Waals surface area contributed by atoms with Crippen molar-refractivity contribution in [2.45, 2.75) is 52.0 Å². The van der Waals surface area contributed by atoms with Crippen LogP contribution < -0.4 is 5.32 Å². The molecule has 1 aliphatic carbocycles. The summed E-state index contributed by atoms with van der Waals surface area (Å²) in [5.74, 6) is 1.88. The van der Waals surface area contributed by atoms with Crippen LogP contribution >= 0.6 is 0 Å². The van der Waals surface area contributed by atoms with Gasteiger partial charge >= 0.3 is 0 Å². The van der Waals surface area contributed by atoms with Crippen molar-refractivity contribution < 1.29 is 0 Å². The van der Waals surface area contributed by atoms with Crippen LogP contribution in [-0.4, -0.2) is 37.1 Å². The minimum Gasteiger partial charge on any atom is -0.313 e. The monoisotopic (exact) mass is 224 g/mol. The lowest BCUT2D eigenvalue weighted by Gasteiger charge is -2.27. The number of hydrogen-bond donors (Lipinski definition) is 1. The zero-order chi connectivity index (χ0) is 11.4. The van der Waals surface area contributed by atoms with Gasteiger partial charge in [0.15, 0.2) is 0 Å². The molecule has 1 saturated carbocycles. The molecule has 94 valence electrons. The fourth-order valence-electron chi connectivity index (χ4n) is 2.77. The highest BCUT2D eigenvalue weighted by Gasteiger charge is 2.23. The summed E-state index contributed by atoms with van der Waals surface area (Å²) in [4.78, 5) is 2.70. The number of rotatable bonds is 7. The normalized spacial score (nSPS) is 25.9. The van der Waals surface area contributed by atoms with Gasteiger partial charge in [0.25, 0.3) is 0 Å². The third kappa shape index (κ3) is 4.42. The molecule has 0 aromatic heterocycles. The Morgan fingerprint density at radius 2 is 2.06 bits per heavy atom. The Kier molecular flexibility index (Phi) is 4.66. The second-order valence-corrected chi connectivity index (χ2v) is 6.18. The van der Waals surface area contributed by atoms with Crippen molar-refractivity contribution in [3.63, 3.8) is 0 Å². The third-order valence-electron chi connectivity index (χ3n) is 3.81.